The van der Waals surface area contributed by atoms with Crippen LogP contribution in [0.15, 0.2) is 12.1 Å². The molecule has 0 spiro atoms. The van der Waals surface area contributed by atoms with Gasteiger partial charge in [0.15, 0.2) is 0 Å². The average molecular weight is 367 g/mol. The Kier molecular flexibility index (Phi) is 7.77. The maximum absolute atomic E-state index is 11.9. The first kappa shape index (κ1) is 20.3. The van der Waals surface area contributed by atoms with Gasteiger partial charge in [-0.15, -0.1) is 0 Å². The third kappa shape index (κ3) is 5.46. The summed E-state index contributed by atoms with van der Waals surface area (Å²) < 4.78 is 10.3. The van der Waals surface area contributed by atoms with Gasteiger partial charge in [0.1, 0.15) is 0 Å². The second-order valence-corrected chi connectivity index (χ2v) is 7.81. The normalized spacial score (nSPS) is 21.8. The Morgan fingerprint density at radius 1 is 1.24 bits per heavy atom. The molecular formula is C21H31ClO3. The molecule has 0 heterocycles. The number of hydrogen-bond acceptors (Lipinski definition) is 3. The lowest BCUT2D eigenvalue weighted by atomic mass is 9.82. The number of methoxy groups -OCH3 is 2. The van der Waals surface area contributed by atoms with Crippen LogP contribution < -0.4 is 0 Å². The Bertz CT molecular complexity index is 577. The van der Waals surface area contributed by atoms with Crippen LogP contribution in [-0.2, 0) is 9.47 Å². The molecule has 1 aromatic rings. The molecule has 3 nitrogen and oxygen atoms in total. The van der Waals surface area contributed by atoms with E-state index in [0.29, 0.717) is 22.6 Å². The van der Waals surface area contributed by atoms with E-state index in [9.17, 15) is 4.79 Å². The SMILES string of the molecule is COC(=O)c1cc(Cl)cc([C@@H](C)CCC[C@H]2CC[C@@H](OC)CC2)c1C. The van der Waals surface area contributed by atoms with Gasteiger partial charge in [0.05, 0.1) is 18.8 Å². The van der Waals surface area contributed by atoms with Gasteiger partial charge in [-0.1, -0.05) is 31.4 Å². The molecule has 1 saturated carbocycles. The number of ether oxygens (including phenoxy) is 2. The number of rotatable bonds is 7. The highest BCUT2D eigenvalue weighted by molar-refractivity contribution is 6.31. The molecule has 25 heavy (non-hydrogen) atoms. The first-order valence-corrected chi connectivity index (χ1v) is 9.75. The van der Waals surface area contributed by atoms with Crippen molar-refractivity contribution < 1.29 is 14.3 Å². The van der Waals surface area contributed by atoms with Crippen molar-refractivity contribution in [2.45, 2.75) is 70.8 Å². The number of carbonyl (C=O) groups is 1. The third-order valence-corrected chi connectivity index (χ3v) is 5.94. The minimum absolute atomic E-state index is 0.316. The van der Waals surface area contributed by atoms with Crippen LogP contribution in [0.4, 0.5) is 0 Å². The van der Waals surface area contributed by atoms with Gasteiger partial charge in [0.25, 0.3) is 0 Å². The van der Waals surface area contributed by atoms with E-state index >= 15 is 0 Å². The number of hydrogen-bond donors (Lipinski definition) is 0. The van der Waals surface area contributed by atoms with E-state index < -0.39 is 0 Å². The van der Waals surface area contributed by atoms with Crippen molar-refractivity contribution in [3.63, 3.8) is 0 Å². The highest BCUT2D eigenvalue weighted by atomic mass is 35.5. The summed E-state index contributed by atoms with van der Waals surface area (Å²) in [5.41, 5.74) is 2.73. The largest absolute Gasteiger partial charge is 0.465 e. The van der Waals surface area contributed by atoms with Crippen LogP contribution in [0.5, 0.6) is 0 Å². The topological polar surface area (TPSA) is 35.5 Å². The second kappa shape index (κ2) is 9.59. The van der Waals surface area contributed by atoms with E-state index in [2.05, 4.69) is 6.92 Å². The molecule has 0 radical (unpaired) electrons. The number of esters is 1. The number of benzene rings is 1. The van der Waals surface area contributed by atoms with Crippen molar-refractivity contribution in [2.75, 3.05) is 14.2 Å². The van der Waals surface area contributed by atoms with Gasteiger partial charge in [0.2, 0.25) is 0 Å². The highest BCUT2D eigenvalue weighted by Gasteiger charge is 2.21. The lowest BCUT2D eigenvalue weighted by molar-refractivity contribution is 0.0551. The van der Waals surface area contributed by atoms with E-state index in [4.69, 9.17) is 21.1 Å². The summed E-state index contributed by atoms with van der Waals surface area (Å²) in [6.07, 6.45) is 9.06. The molecule has 1 aromatic carbocycles. The molecule has 0 saturated heterocycles. The number of carbonyl (C=O) groups excluding carboxylic acids is 1. The molecular weight excluding hydrogens is 336 g/mol. The van der Waals surface area contributed by atoms with Gasteiger partial charge in [-0.05, 0) is 74.1 Å². The lowest BCUT2D eigenvalue weighted by Crippen LogP contribution is -2.20. The van der Waals surface area contributed by atoms with Crippen LogP contribution in [0.3, 0.4) is 0 Å². The zero-order valence-corrected chi connectivity index (χ0v) is 16.7. The molecule has 1 fully saturated rings. The first-order valence-electron chi connectivity index (χ1n) is 9.37. The van der Waals surface area contributed by atoms with Crippen molar-refractivity contribution in [2.24, 2.45) is 5.92 Å². The van der Waals surface area contributed by atoms with Crippen LogP contribution >= 0.6 is 11.6 Å². The van der Waals surface area contributed by atoms with Crippen molar-refractivity contribution >= 4 is 17.6 Å². The fraction of sp³-hybridized carbons (Fsp3) is 0.667. The molecule has 1 atom stereocenters. The fourth-order valence-corrected chi connectivity index (χ4v) is 4.29. The molecule has 0 N–H and O–H groups in total. The van der Waals surface area contributed by atoms with Crippen molar-refractivity contribution in [3.05, 3.63) is 33.8 Å². The molecule has 0 amide bonds. The van der Waals surface area contributed by atoms with Crippen LogP contribution in [0, 0.1) is 12.8 Å². The molecule has 0 aromatic heterocycles. The minimum Gasteiger partial charge on any atom is -0.465 e. The lowest BCUT2D eigenvalue weighted by Gasteiger charge is -2.28. The van der Waals surface area contributed by atoms with Crippen LogP contribution in [0.2, 0.25) is 5.02 Å². The van der Waals surface area contributed by atoms with E-state index in [1.807, 2.05) is 20.1 Å². The monoisotopic (exact) mass is 366 g/mol. The molecule has 0 aliphatic heterocycles. The summed E-state index contributed by atoms with van der Waals surface area (Å²) >= 11 is 6.23. The van der Waals surface area contributed by atoms with Gasteiger partial charge >= 0.3 is 5.97 Å². The highest BCUT2D eigenvalue weighted by Crippen LogP contribution is 2.33. The Hall–Kier alpha value is -1.06. The van der Waals surface area contributed by atoms with Crippen LogP contribution in [-0.4, -0.2) is 26.3 Å². The predicted molar refractivity (Wildman–Crippen MR) is 103 cm³/mol. The van der Waals surface area contributed by atoms with E-state index in [1.54, 1.807) is 6.07 Å². The predicted octanol–water partition coefficient (Wildman–Crippen LogP) is 5.91. The third-order valence-electron chi connectivity index (χ3n) is 5.73. The Balaban J connectivity index is 1.91. The molecule has 0 unspecified atom stereocenters. The molecule has 1 aliphatic rings. The zero-order valence-electron chi connectivity index (χ0n) is 15.9. The van der Waals surface area contributed by atoms with Crippen molar-refractivity contribution in [3.8, 4) is 0 Å². The van der Waals surface area contributed by atoms with E-state index in [-0.39, 0.29) is 5.97 Å². The summed E-state index contributed by atoms with van der Waals surface area (Å²) in [6.45, 7) is 4.21. The van der Waals surface area contributed by atoms with Crippen molar-refractivity contribution in [1.29, 1.82) is 0 Å². The zero-order chi connectivity index (χ0) is 18.4. The minimum atomic E-state index is -0.316. The Morgan fingerprint density at radius 3 is 2.52 bits per heavy atom. The summed E-state index contributed by atoms with van der Waals surface area (Å²) in [4.78, 5) is 11.9. The summed E-state index contributed by atoms with van der Waals surface area (Å²) in [6, 6.07) is 3.70. The molecule has 2 rings (SSSR count). The van der Waals surface area contributed by atoms with Crippen LogP contribution in [0.25, 0.3) is 0 Å². The molecule has 140 valence electrons. The van der Waals surface area contributed by atoms with E-state index in [1.165, 1.54) is 45.6 Å². The average Bonchev–Trinajstić information content (AvgIpc) is 2.63. The molecule has 4 heteroatoms. The quantitative estimate of drug-likeness (QED) is 0.562. The maximum atomic E-state index is 11.9. The summed E-state index contributed by atoms with van der Waals surface area (Å²) in [7, 11) is 3.23. The van der Waals surface area contributed by atoms with Gasteiger partial charge in [-0.2, -0.15) is 0 Å². The Labute approximate surface area is 157 Å². The molecule has 0 bridgehead atoms. The Morgan fingerprint density at radius 2 is 1.92 bits per heavy atom. The van der Waals surface area contributed by atoms with Gasteiger partial charge in [-0.25, -0.2) is 4.79 Å². The molecule has 1 aliphatic carbocycles. The van der Waals surface area contributed by atoms with E-state index in [0.717, 1.165) is 23.5 Å². The summed E-state index contributed by atoms with van der Waals surface area (Å²) in [5.74, 6) is 0.908. The van der Waals surface area contributed by atoms with Crippen LogP contribution in [0.1, 0.15) is 79.3 Å². The fourth-order valence-electron chi connectivity index (χ4n) is 4.06. The van der Waals surface area contributed by atoms with Gasteiger partial charge in [-0.3, -0.25) is 0 Å². The smallest absolute Gasteiger partial charge is 0.338 e. The van der Waals surface area contributed by atoms with Crippen molar-refractivity contribution in [1.82, 2.24) is 0 Å². The standard InChI is InChI=1S/C21H31ClO3/c1-14(6-5-7-16-8-10-18(24-3)11-9-16)19-12-17(22)13-20(15(19)2)21(23)25-4/h12-14,16,18H,5-11H2,1-4H3/t14-,16-,18+/m0/s1. The number of halogens is 1. The van der Waals surface area contributed by atoms with Gasteiger partial charge < -0.3 is 9.47 Å². The van der Waals surface area contributed by atoms with Gasteiger partial charge in [0, 0.05) is 12.1 Å². The second-order valence-electron chi connectivity index (χ2n) is 7.37. The summed E-state index contributed by atoms with van der Waals surface area (Å²) in [5, 5.41) is 0.603. The first-order chi connectivity index (χ1) is 12.0. The maximum Gasteiger partial charge on any atom is 0.338 e.